The van der Waals surface area contributed by atoms with Gasteiger partial charge in [-0.3, -0.25) is 4.79 Å². The summed E-state index contributed by atoms with van der Waals surface area (Å²) >= 11 is 6.00. The first-order chi connectivity index (χ1) is 13.9. The predicted octanol–water partition coefficient (Wildman–Crippen LogP) is 3.92. The molecule has 1 heterocycles. The van der Waals surface area contributed by atoms with Gasteiger partial charge < -0.3 is 19.1 Å². The lowest BCUT2D eigenvalue weighted by atomic mass is 10.1. The minimum Gasteiger partial charge on any atom is -0.483 e. The summed E-state index contributed by atoms with van der Waals surface area (Å²) in [6.45, 7) is 5.95. The van der Waals surface area contributed by atoms with Crippen molar-refractivity contribution in [3.05, 3.63) is 63.9 Å². The Hall–Kier alpha value is -2.15. The van der Waals surface area contributed by atoms with Crippen molar-refractivity contribution in [1.29, 1.82) is 0 Å². The third kappa shape index (κ3) is 5.92. The zero-order valence-corrected chi connectivity index (χ0v) is 17.4. The number of carbonyl (C=O) groups excluding carboxylic acids is 1. The van der Waals surface area contributed by atoms with Crippen LogP contribution in [0.25, 0.3) is 0 Å². The number of halogens is 2. The van der Waals surface area contributed by atoms with Crippen LogP contribution in [0.3, 0.4) is 0 Å². The number of benzene rings is 2. The summed E-state index contributed by atoms with van der Waals surface area (Å²) in [5.41, 5.74) is 2.87. The maximum absolute atomic E-state index is 13.1. The lowest BCUT2D eigenvalue weighted by Gasteiger charge is -2.32. The van der Waals surface area contributed by atoms with Crippen LogP contribution < -0.4 is 4.74 Å². The van der Waals surface area contributed by atoms with Crippen molar-refractivity contribution in [2.24, 2.45) is 0 Å². The first-order valence-corrected chi connectivity index (χ1v) is 9.92. The molecule has 5 nitrogen and oxygen atoms in total. The molecule has 2 aromatic carbocycles. The van der Waals surface area contributed by atoms with E-state index >= 15 is 0 Å². The smallest absolute Gasteiger partial charge is 0.260 e. The standard InChI is InChI=1S/C22H25ClFNO4/c1-15-4-3-5-21(16(15)2)29-14-22(26)25-8-9-28-19(11-25)13-27-12-17-6-7-18(24)10-20(17)23/h3-7,10,19H,8-9,11-14H2,1-2H3. The summed E-state index contributed by atoms with van der Waals surface area (Å²) in [7, 11) is 0. The Balaban J connectivity index is 1.45. The van der Waals surface area contributed by atoms with Crippen molar-refractivity contribution in [3.8, 4) is 5.75 Å². The van der Waals surface area contributed by atoms with Crippen LogP contribution in [0.15, 0.2) is 36.4 Å². The fraction of sp³-hybridized carbons (Fsp3) is 0.409. The average Bonchev–Trinajstić information content (AvgIpc) is 2.71. The number of carbonyl (C=O) groups is 1. The van der Waals surface area contributed by atoms with E-state index in [1.807, 2.05) is 32.0 Å². The summed E-state index contributed by atoms with van der Waals surface area (Å²) in [6.07, 6.45) is -0.229. The summed E-state index contributed by atoms with van der Waals surface area (Å²) < 4.78 is 30.2. The third-order valence-corrected chi connectivity index (χ3v) is 5.33. The van der Waals surface area contributed by atoms with Crippen LogP contribution in [0, 0.1) is 19.7 Å². The van der Waals surface area contributed by atoms with Gasteiger partial charge in [-0.1, -0.05) is 29.8 Å². The maximum Gasteiger partial charge on any atom is 0.260 e. The van der Waals surface area contributed by atoms with E-state index in [2.05, 4.69) is 0 Å². The molecule has 156 valence electrons. The highest BCUT2D eigenvalue weighted by molar-refractivity contribution is 6.31. The van der Waals surface area contributed by atoms with Crippen molar-refractivity contribution in [3.63, 3.8) is 0 Å². The average molecular weight is 422 g/mol. The van der Waals surface area contributed by atoms with Gasteiger partial charge in [0.25, 0.3) is 5.91 Å². The largest absolute Gasteiger partial charge is 0.483 e. The number of aryl methyl sites for hydroxylation is 1. The molecule has 0 bridgehead atoms. The Labute approximate surface area is 175 Å². The number of hydrogen-bond donors (Lipinski definition) is 0. The summed E-state index contributed by atoms with van der Waals surface area (Å²) in [6, 6.07) is 9.99. The highest BCUT2D eigenvalue weighted by atomic mass is 35.5. The van der Waals surface area contributed by atoms with E-state index in [1.165, 1.54) is 12.1 Å². The van der Waals surface area contributed by atoms with E-state index < -0.39 is 0 Å². The Morgan fingerprint density at radius 2 is 2.14 bits per heavy atom. The number of nitrogens with zero attached hydrogens (tertiary/aromatic N) is 1. The molecule has 1 unspecified atom stereocenters. The molecule has 1 saturated heterocycles. The first kappa shape index (κ1) is 21.6. The Bertz CT molecular complexity index is 861. The van der Waals surface area contributed by atoms with E-state index in [0.717, 1.165) is 16.9 Å². The molecule has 29 heavy (non-hydrogen) atoms. The quantitative estimate of drug-likeness (QED) is 0.680. The Kier molecular flexibility index (Phi) is 7.47. The minimum atomic E-state index is -0.383. The van der Waals surface area contributed by atoms with E-state index in [0.29, 0.717) is 36.9 Å². The van der Waals surface area contributed by atoms with Crippen LogP contribution in [0.1, 0.15) is 16.7 Å². The fourth-order valence-electron chi connectivity index (χ4n) is 3.10. The van der Waals surface area contributed by atoms with Crippen LogP contribution in [0.2, 0.25) is 5.02 Å². The highest BCUT2D eigenvalue weighted by Gasteiger charge is 2.25. The van der Waals surface area contributed by atoms with Crippen molar-refractivity contribution < 1.29 is 23.4 Å². The summed E-state index contributed by atoms with van der Waals surface area (Å²) in [4.78, 5) is 14.3. The lowest BCUT2D eigenvalue weighted by Crippen LogP contribution is -2.48. The number of rotatable bonds is 7. The molecule has 1 aliphatic rings. The van der Waals surface area contributed by atoms with E-state index in [-0.39, 0.29) is 31.0 Å². The number of ether oxygens (including phenoxy) is 3. The van der Waals surface area contributed by atoms with Crippen molar-refractivity contribution >= 4 is 17.5 Å². The third-order valence-electron chi connectivity index (χ3n) is 4.97. The van der Waals surface area contributed by atoms with Gasteiger partial charge >= 0.3 is 0 Å². The van der Waals surface area contributed by atoms with Gasteiger partial charge in [-0.2, -0.15) is 0 Å². The van der Waals surface area contributed by atoms with Gasteiger partial charge in [0.05, 0.1) is 25.9 Å². The minimum absolute atomic E-state index is 0.0109. The molecule has 2 aromatic rings. The maximum atomic E-state index is 13.1. The van der Waals surface area contributed by atoms with Crippen molar-refractivity contribution in [1.82, 2.24) is 4.90 Å². The van der Waals surface area contributed by atoms with Crippen LogP contribution in [0.4, 0.5) is 4.39 Å². The summed E-state index contributed by atoms with van der Waals surface area (Å²) in [5.74, 6) is 0.259. The second kappa shape index (κ2) is 10.1. The molecule has 1 fully saturated rings. The molecule has 0 spiro atoms. The Morgan fingerprint density at radius 3 is 2.93 bits per heavy atom. The number of morpholine rings is 1. The zero-order valence-electron chi connectivity index (χ0n) is 16.6. The van der Waals surface area contributed by atoms with Crippen LogP contribution in [-0.4, -0.2) is 49.8 Å². The molecule has 1 atom stereocenters. The number of amides is 1. The van der Waals surface area contributed by atoms with Gasteiger partial charge in [-0.15, -0.1) is 0 Å². The van der Waals surface area contributed by atoms with Crippen molar-refractivity contribution in [2.45, 2.75) is 26.6 Å². The summed E-state index contributed by atoms with van der Waals surface area (Å²) in [5, 5.41) is 0.329. The van der Waals surface area contributed by atoms with Gasteiger partial charge in [-0.05, 0) is 48.7 Å². The molecule has 0 aliphatic carbocycles. The van der Waals surface area contributed by atoms with Gasteiger partial charge in [0.2, 0.25) is 0 Å². The molecular weight excluding hydrogens is 397 g/mol. The van der Waals surface area contributed by atoms with Crippen LogP contribution >= 0.6 is 11.6 Å². The SMILES string of the molecule is Cc1cccc(OCC(=O)N2CCOC(COCc3ccc(F)cc3Cl)C2)c1C. The molecular formula is C22H25ClFNO4. The molecule has 0 N–H and O–H groups in total. The van der Waals surface area contributed by atoms with Gasteiger partial charge in [-0.25, -0.2) is 4.39 Å². The van der Waals surface area contributed by atoms with Gasteiger partial charge in [0.15, 0.2) is 6.61 Å². The normalized spacial score (nSPS) is 16.7. The second-order valence-corrected chi connectivity index (χ2v) is 7.48. The first-order valence-electron chi connectivity index (χ1n) is 9.54. The Morgan fingerprint density at radius 1 is 1.31 bits per heavy atom. The highest BCUT2D eigenvalue weighted by Crippen LogP contribution is 2.21. The molecule has 0 radical (unpaired) electrons. The molecule has 7 heteroatoms. The lowest BCUT2D eigenvalue weighted by molar-refractivity contribution is -0.143. The van der Waals surface area contributed by atoms with E-state index in [4.69, 9.17) is 25.8 Å². The van der Waals surface area contributed by atoms with Crippen LogP contribution in [-0.2, 0) is 20.9 Å². The predicted molar refractivity (Wildman–Crippen MR) is 109 cm³/mol. The van der Waals surface area contributed by atoms with Gasteiger partial charge in [0.1, 0.15) is 11.6 Å². The monoisotopic (exact) mass is 421 g/mol. The molecule has 3 rings (SSSR count). The topological polar surface area (TPSA) is 48.0 Å². The second-order valence-electron chi connectivity index (χ2n) is 7.07. The number of hydrogen-bond acceptors (Lipinski definition) is 4. The molecule has 0 aromatic heterocycles. The molecule has 1 aliphatic heterocycles. The fourth-order valence-corrected chi connectivity index (χ4v) is 3.32. The van der Waals surface area contributed by atoms with E-state index in [1.54, 1.807) is 11.0 Å². The molecule has 1 amide bonds. The van der Waals surface area contributed by atoms with Crippen molar-refractivity contribution in [2.75, 3.05) is 32.9 Å². The van der Waals surface area contributed by atoms with Gasteiger partial charge in [0, 0.05) is 18.1 Å². The zero-order chi connectivity index (χ0) is 20.8. The van der Waals surface area contributed by atoms with Crippen LogP contribution in [0.5, 0.6) is 5.75 Å². The van der Waals surface area contributed by atoms with E-state index in [9.17, 15) is 9.18 Å². The molecule has 0 saturated carbocycles.